The maximum Gasteiger partial charge on any atom is 0.472 e. The zero-order valence-electron chi connectivity index (χ0n) is 39.0. The van der Waals surface area contributed by atoms with E-state index in [-0.39, 0.29) is 19.3 Å². The minimum Gasteiger partial charge on any atom is -0.462 e. The van der Waals surface area contributed by atoms with Crippen LogP contribution in [0.15, 0.2) is 72.9 Å². The molecule has 0 radical (unpaired) electrons. The Balaban J connectivity index is 2.67. The molecule has 1 fully saturated rings. The van der Waals surface area contributed by atoms with Crippen molar-refractivity contribution in [3.8, 4) is 0 Å². The molecule has 1 aliphatic carbocycles. The second-order valence-corrected chi connectivity index (χ2v) is 18.9. The number of carbonyl (C=O) groups is 2. The van der Waals surface area contributed by atoms with Gasteiger partial charge in [-0.1, -0.05) is 164 Å². The fourth-order valence-corrected chi connectivity index (χ4v) is 8.26. The summed E-state index contributed by atoms with van der Waals surface area (Å²) in [6, 6.07) is 0. The topological polar surface area (TPSA) is 276 Å². The van der Waals surface area contributed by atoms with Crippen LogP contribution in [-0.2, 0) is 41.8 Å². The number of aliphatic hydroxyl groups excluding tert-OH is 5. The number of hydrogen-bond acceptors (Lipinski definition) is 14. The smallest absolute Gasteiger partial charge is 0.462 e. The third-order valence-electron chi connectivity index (χ3n) is 10.4. The molecule has 0 spiro atoms. The van der Waals surface area contributed by atoms with Gasteiger partial charge in [0, 0.05) is 12.8 Å². The maximum absolute atomic E-state index is 13.0. The molecule has 19 heteroatoms. The monoisotopic (exact) mass is 978 g/mol. The van der Waals surface area contributed by atoms with Crippen molar-refractivity contribution in [2.75, 3.05) is 13.2 Å². The van der Waals surface area contributed by atoms with Gasteiger partial charge in [0.25, 0.3) is 0 Å². The van der Waals surface area contributed by atoms with Crippen molar-refractivity contribution in [2.24, 2.45) is 0 Å². The van der Waals surface area contributed by atoms with Crippen LogP contribution in [0.2, 0.25) is 0 Å². The zero-order valence-corrected chi connectivity index (χ0v) is 40.7. The average molecular weight is 979 g/mol. The van der Waals surface area contributed by atoms with Crippen molar-refractivity contribution in [1.82, 2.24) is 0 Å². The van der Waals surface area contributed by atoms with E-state index < -0.39 is 89.6 Å². The van der Waals surface area contributed by atoms with Crippen LogP contribution in [-0.4, -0.2) is 114 Å². The number of hydrogen-bond donors (Lipinski definition) is 8. The van der Waals surface area contributed by atoms with Crippen LogP contribution < -0.4 is 0 Å². The minimum absolute atomic E-state index is 0.0965. The van der Waals surface area contributed by atoms with Crippen LogP contribution in [0.4, 0.5) is 0 Å². The molecule has 9 atom stereocenters. The number of esters is 2. The number of ether oxygens (including phenoxy) is 2. The Bertz CT molecular complexity index is 1570. The molecule has 0 aromatic heterocycles. The normalized spacial score (nSPS) is 22.6. The van der Waals surface area contributed by atoms with Gasteiger partial charge in [0.05, 0.1) is 12.7 Å². The highest BCUT2D eigenvalue weighted by Crippen LogP contribution is 2.49. The number of phosphoric acid groups is 2. The van der Waals surface area contributed by atoms with Gasteiger partial charge in [0.2, 0.25) is 0 Å². The molecule has 0 aliphatic heterocycles. The van der Waals surface area contributed by atoms with Crippen LogP contribution >= 0.6 is 15.6 Å². The lowest BCUT2D eigenvalue weighted by molar-refractivity contribution is -0.216. The van der Waals surface area contributed by atoms with E-state index in [4.69, 9.17) is 28.3 Å². The molecule has 66 heavy (non-hydrogen) atoms. The quantitative estimate of drug-likeness (QED) is 0.00963. The summed E-state index contributed by atoms with van der Waals surface area (Å²) in [5.74, 6) is -1.33. The molecule has 6 unspecified atom stereocenters. The third-order valence-corrected chi connectivity index (χ3v) is 11.9. The zero-order chi connectivity index (χ0) is 49.1. The van der Waals surface area contributed by atoms with E-state index in [0.29, 0.717) is 19.3 Å². The molecule has 0 heterocycles. The lowest BCUT2D eigenvalue weighted by Gasteiger charge is -2.43. The van der Waals surface area contributed by atoms with Crippen molar-refractivity contribution in [1.29, 1.82) is 0 Å². The molecule has 0 saturated heterocycles. The first-order valence-corrected chi connectivity index (χ1v) is 26.6. The Labute approximate surface area is 392 Å². The molecular weight excluding hydrogens is 898 g/mol. The van der Waals surface area contributed by atoms with Crippen molar-refractivity contribution >= 4 is 27.6 Å². The summed E-state index contributed by atoms with van der Waals surface area (Å²) < 4.78 is 49.2. The van der Waals surface area contributed by atoms with Crippen LogP contribution in [0.3, 0.4) is 0 Å². The Hall–Kier alpha value is -2.60. The fourth-order valence-electron chi connectivity index (χ4n) is 6.72. The van der Waals surface area contributed by atoms with E-state index in [2.05, 4.69) is 11.4 Å². The Morgan fingerprint density at radius 1 is 0.576 bits per heavy atom. The summed E-state index contributed by atoms with van der Waals surface area (Å²) in [7, 11) is -10.7. The summed E-state index contributed by atoms with van der Waals surface area (Å²) in [6.45, 7) is 2.83. The predicted octanol–water partition coefficient (Wildman–Crippen LogP) is 7.81. The highest BCUT2D eigenvalue weighted by atomic mass is 31.2. The van der Waals surface area contributed by atoms with Crippen LogP contribution in [0.25, 0.3) is 0 Å². The van der Waals surface area contributed by atoms with Gasteiger partial charge in [0.15, 0.2) is 6.10 Å². The lowest BCUT2D eigenvalue weighted by Crippen LogP contribution is -2.64. The van der Waals surface area contributed by atoms with Gasteiger partial charge in [-0.3, -0.25) is 23.2 Å². The largest absolute Gasteiger partial charge is 0.472 e. The van der Waals surface area contributed by atoms with Gasteiger partial charge < -0.3 is 49.7 Å². The van der Waals surface area contributed by atoms with Gasteiger partial charge in [-0.2, -0.15) is 0 Å². The molecule has 8 N–H and O–H groups in total. The summed E-state index contributed by atoms with van der Waals surface area (Å²) in [5.41, 5.74) is 0. The number of allylic oxidation sites excluding steroid dienone is 10. The highest BCUT2D eigenvalue weighted by molar-refractivity contribution is 7.47. The molecular formula is C47H80O17P2. The third kappa shape index (κ3) is 31.4. The first-order chi connectivity index (χ1) is 31.5. The molecule has 1 saturated carbocycles. The minimum atomic E-state index is -5.38. The average Bonchev–Trinajstić information content (AvgIpc) is 3.26. The van der Waals surface area contributed by atoms with E-state index in [0.717, 1.165) is 44.9 Å². The number of aliphatic hydroxyl groups is 5. The van der Waals surface area contributed by atoms with Gasteiger partial charge in [0.1, 0.15) is 43.2 Å². The van der Waals surface area contributed by atoms with Crippen molar-refractivity contribution in [3.05, 3.63) is 72.9 Å². The Morgan fingerprint density at radius 2 is 1.11 bits per heavy atom. The van der Waals surface area contributed by atoms with Crippen LogP contribution in [0.5, 0.6) is 0 Å². The van der Waals surface area contributed by atoms with E-state index in [1.165, 1.54) is 51.4 Å². The SMILES string of the molecule is CC/C=C\CC(O)/C=C/C=C/C/C=C\C/C=C\C/C=C\CCC(=O)O[C@H](COC(=O)CCCCCCCCCCCCCCC)COP(=O)(O)O[C@H]1C(O)C(O)C(O)[C@@H](OP(=O)(O)O)C1O. The summed E-state index contributed by atoms with van der Waals surface area (Å²) >= 11 is 0. The maximum atomic E-state index is 13.0. The number of rotatable bonds is 38. The Kier molecular flexibility index (Phi) is 34.7. The van der Waals surface area contributed by atoms with E-state index in [1.54, 1.807) is 12.2 Å². The van der Waals surface area contributed by atoms with Gasteiger partial charge >= 0.3 is 27.6 Å². The van der Waals surface area contributed by atoms with Crippen LogP contribution in [0, 0.1) is 0 Å². The fraction of sp³-hybridized carbons (Fsp3) is 0.702. The highest BCUT2D eigenvalue weighted by Gasteiger charge is 2.54. The Morgan fingerprint density at radius 3 is 1.67 bits per heavy atom. The number of phosphoric ester groups is 2. The van der Waals surface area contributed by atoms with E-state index >= 15 is 0 Å². The second-order valence-electron chi connectivity index (χ2n) is 16.3. The standard InChI is InChI=1S/C47H80O17P2/c1-3-5-7-8-9-10-11-13-17-20-23-26-30-34-40(49)60-36-39(37-61-66(58,59)64-47-44(53)42(51)43(52)46(45(47)54)63-65(55,56)57)62-41(50)35-31-27-24-21-18-15-12-14-16-19-22-25-29-33-38(48)32-28-6-4-2/h6,14-16,18,22,24-25,27-29,33,38-39,42-48,51-54H,3-5,7-13,17,19-21,23,26,30-32,34-37H2,1-2H3,(H,58,59)(H2,55,56,57)/b16-14-,18-15-,25-22+,27-24-,28-6-,33-29+/t38?,39-,42?,43?,44?,45?,46-,47+/m1/s1. The molecule has 0 aromatic rings. The number of unbranched alkanes of at least 4 members (excludes halogenated alkanes) is 12. The van der Waals surface area contributed by atoms with E-state index in [9.17, 15) is 49.1 Å². The molecule has 17 nitrogen and oxygen atoms in total. The first kappa shape index (κ1) is 61.4. The van der Waals surface area contributed by atoms with E-state index in [1.807, 2.05) is 67.7 Å². The predicted molar refractivity (Wildman–Crippen MR) is 252 cm³/mol. The molecule has 0 amide bonds. The summed E-state index contributed by atoms with van der Waals surface area (Å²) in [4.78, 5) is 54.2. The van der Waals surface area contributed by atoms with Crippen molar-refractivity contribution < 1.29 is 82.0 Å². The molecule has 1 aliphatic rings. The molecule has 380 valence electrons. The van der Waals surface area contributed by atoms with Crippen molar-refractivity contribution in [2.45, 2.75) is 198 Å². The van der Waals surface area contributed by atoms with Gasteiger partial charge in [-0.15, -0.1) is 0 Å². The second kappa shape index (κ2) is 37.3. The van der Waals surface area contributed by atoms with Gasteiger partial charge in [-0.05, 0) is 44.9 Å². The molecule has 1 rings (SSSR count). The molecule has 0 aromatic carbocycles. The lowest BCUT2D eigenvalue weighted by atomic mass is 9.85. The molecule has 0 bridgehead atoms. The summed E-state index contributed by atoms with van der Waals surface area (Å²) in [5, 5.41) is 51.1. The van der Waals surface area contributed by atoms with Gasteiger partial charge in [-0.25, -0.2) is 9.13 Å². The number of carbonyl (C=O) groups excluding carboxylic acids is 2. The van der Waals surface area contributed by atoms with Crippen molar-refractivity contribution in [3.63, 3.8) is 0 Å². The first-order valence-electron chi connectivity index (χ1n) is 23.6. The van der Waals surface area contributed by atoms with Crippen LogP contribution in [0.1, 0.15) is 149 Å². The summed E-state index contributed by atoms with van der Waals surface area (Å²) in [6.07, 6.45) is 26.3.